The lowest BCUT2D eigenvalue weighted by Crippen LogP contribution is -2.17. The van der Waals surface area contributed by atoms with Crippen molar-refractivity contribution >= 4 is 11.6 Å². The number of imidazole rings is 1. The van der Waals surface area contributed by atoms with Crippen molar-refractivity contribution in [1.29, 1.82) is 0 Å². The van der Waals surface area contributed by atoms with Crippen LogP contribution < -0.4 is 4.74 Å². The lowest BCUT2D eigenvalue weighted by molar-refractivity contribution is 0.249. The summed E-state index contributed by atoms with van der Waals surface area (Å²) in [4.78, 5) is 4.28. The molecule has 2 aromatic carbocycles. The van der Waals surface area contributed by atoms with Crippen LogP contribution in [0.4, 0.5) is 4.39 Å². The minimum absolute atomic E-state index is 0.221. The molecule has 1 aromatic heterocycles. The van der Waals surface area contributed by atoms with Crippen LogP contribution in [0.1, 0.15) is 17.3 Å². The van der Waals surface area contributed by atoms with E-state index >= 15 is 0 Å². The lowest BCUT2D eigenvalue weighted by atomic mass is 10.0. The Morgan fingerprint density at radius 1 is 1.09 bits per heavy atom. The number of ether oxygens (including phenoxy) is 1. The number of fused-ring (bicyclic) bond motifs is 1. The van der Waals surface area contributed by atoms with Crippen LogP contribution in [0.25, 0.3) is 28.3 Å². The lowest BCUT2D eigenvalue weighted by Gasteiger charge is -2.22. The Hall–Kier alpha value is -3.75. The SMILES string of the molecule is COc1cc(-c2nnc3n(C(CO)c4ccc(F)cc4)cc(Cl)cc2-3)ccc1-n1cnc(C)c1. The van der Waals surface area contributed by atoms with Gasteiger partial charge in [-0.3, -0.25) is 0 Å². The van der Waals surface area contributed by atoms with Gasteiger partial charge in [-0.15, -0.1) is 10.2 Å². The minimum atomic E-state index is -0.507. The van der Waals surface area contributed by atoms with Crippen LogP contribution in [0.15, 0.2) is 67.3 Å². The molecule has 2 aliphatic rings. The van der Waals surface area contributed by atoms with E-state index in [1.54, 1.807) is 42.4 Å². The fourth-order valence-corrected chi connectivity index (χ4v) is 4.30. The van der Waals surface area contributed by atoms with Gasteiger partial charge in [0.25, 0.3) is 0 Å². The topological polar surface area (TPSA) is 78.0 Å². The van der Waals surface area contributed by atoms with E-state index < -0.39 is 6.04 Å². The van der Waals surface area contributed by atoms with Gasteiger partial charge in [-0.2, -0.15) is 0 Å². The maximum Gasteiger partial charge on any atom is 0.165 e. The van der Waals surface area contributed by atoms with Crippen molar-refractivity contribution < 1.29 is 14.2 Å². The van der Waals surface area contributed by atoms with Crippen LogP contribution in [-0.4, -0.2) is 43.1 Å². The molecule has 3 heterocycles. The standard InChI is InChI=1S/C25H21ClFN5O2/c1-15-11-31(14-28-15)21-8-5-17(9-23(21)34-2)24-20-10-18(26)12-32(25(20)30-29-24)22(13-33)16-3-6-19(27)7-4-16/h3-12,14,22,33H,13H2,1-2H3. The fourth-order valence-electron chi connectivity index (χ4n) is 4.08. The average molecular weight is 478 g/mol. The number of rotatable bonds is 6. The second kappa shape index (κ2) is 8.89. The first kappa shape index (κ1) is 22.1. The second-order valence-corrected chi connectivity index (χ2v) is 8.35. The van der Waals surface area contributed by atoms with E-state index in [1.807, 2.05) is 35.9 Å². The molecule has 1 atom stereocenters. The number of aryl methyl sites for hydroxylation is 1. The van der Waals surface area contributed by atoms with Crippen molar-refractivity contribution in [3.8, 4) is 34.1 Å². The van der Waals surface area contributed by atoms with Crippen LogP contribution in [0.2, 0.25) is 5.02 Å². The summed E-state index contributed by atoms with van der Waals surface area (Å²) in [7, 11) is 1.61. The zero-order valence-electron chi connectivity index (χ0n) is 18.5. The van der Waals surface area contributed by atoms with Crippen LogP contribution in [0, 0.1) is 12.7 Å². The fraction of sp³-hybridized carbons (Fsp3) is 0.160. The zero-order valence-corrected chi connectivity index (χ0v) is 19.2. The third-order valence-corrected chi connectivity index (χ3v) is 5.94. The molecule has 0 saturated carbocycles. The maximum absolute atomic E-state index is 13.4. The Balaban J connectivity index is 1.58. The summed E-state index contributed by atoms with van der Waals surface area (Å²) < 4.78 is 22.7. The predicted octanol–water partition coefficient (Wildman–Crippen LogP) is 4.93. The molecule has 172 valence electrons. The third kappa shape index (κ3) is 3.91. The number of nitrogens with zero attached hydrogens (tertiary/aromatic N) is 5. The van der Waals surface area contributed by atoms with Crippen molar-refractivity contribution in [3.63, 3.8) is 0 Å². The molecule has 1 unspecified atom stereocenters. The highest BCUT2D eigenvalue weighted by Gasteiger charge is 2.24. The molecular formula is C25H21ClFN5O2. The van der Waals surface area contributed by atoms with Crippen molar-refractivity contribution in [1.82, 2.24) is 24.3 Å². The summed E-state index contributed by atoms with van der Waals surface area (Å²) in [5.41, 5.74) is 4.63. The van der Waals surface area contributed by atoms with Crippen LogP contribution in [0.3, 0.4) is 0 Å². The van der Waals surface area contributed by atoms with Gasteiger partial charge in [-0.1, -0.05) is 29.8 Å². The summed E-state index contributed by atoms with van der Waals surface area (Å²) in [6.07, 6.45) is 5.35. The highest BCUT2D eigenvalue weighted by atomic mass is 35.5. The molecule has 0 radical (unpaired) electrons. The van der Waals surface area contributed by atoms with E-state index in [0.717, 1.165) is 28.1 Å². The van der Waals surface area contributed by atoms with Crippen LogP contribution in [-0.2, 0) is 0 Å². The molecule has 2 aliphatic heterocycles. The Bertz CT molecular complexity index is 1430. The molecular weight excluding hydrogens is 457 g/mol. The third-order valence-electron chi connectivity index (χ3n) is 5.74. The summed E-state index contributed by atoms with van der Waals surface area (Å²) in [5, 5.41) is 19.4. The van der Waals surface area contributed by atoms with E-state index in [2.05, 4.69) is 15.2 Å². The van der Waals surface area contributed by atoms with E-state index in [0.29, 0.717) is 22.3 Å². The van der Waals surface area contributed by atoms with E-state index in [-0.39, 0.29) is 12.4 Å². The number of benzene rings is 2. The normalized spacial score (nSPS) is 12.3. The van der Waals surface area contributed by atoms with E-state index in [4.69, 9.17) is 16.3 Å². The van der Waals surface area contributed by atoms with Gasteiger partial charge in [0, 0.05) is 23.5 Å². The first-order chi connectivity index (χ1) is 16.5. The van der Waals surface area contributed by atoms with Crippen molar-refractivity contribution in [3.05, 3.63) is 89.3 Å². The highest BCUT2D eigenvalue weighted by molar-refractivity contribution is 6.30. The van der Waals surface area contributed by atoms with Crippen LogP contribution in [0.5, 0.6) is 5.75 Å². The van der Waals surface area contributed by atoms with Gasteiger partial charge < -0.3 is 19.0 Å². The Morgan fingerprint density at radius 2 is 1.88 bits per heavy atom. The molecule has 5 rings (SSSR count). The first-order valence-electron chi connectivity index (χ1n) is 10.6. The molecule has 0 bridgehead atoms. The Labute approximate surface area is 200 Å². The number of aliphatic hydroxyl groups is 1. The van der Waals surface area contributed by atoms with E-state index in [1.165, 1.54) is 12.1 Å². The Kier molecular flexibility index (Phi) is 5.77. The van der Waals surface area contributed by atoms with Gasteiger partial charge in [0.05, 0.1) is 42.5 Å². The molecule has 0 amide bonds. The van der Waals surface area contributed by atoms with Gasteiger partial charge in [-0.05, 0) is 42.8 Å². The number of hydrogen-bond acceptors (Lipinski definition) is 5. The molecule has 0 spiro atoms. The summed E-state index contributed by atoms with van der Waals surface area (Å²) in [5.74, 6) is 0.858. The molecule has 34 heavy (non-hydrogen) atoms. The average Bonchev–Trinajstić information content (AvgIpc) is 3.46. The van der Waals surface area contributed by atoms with Crippen LogP contribution >= 0.6 is 11.6 Å². The number of methoxy groups -OCH3 is 1. The van der Waals surface area contributed by atoms with Crippen molar-refractivity contribution in [2.75, 3.05) is 13.7 Å². The summed E-state index contributed by atoms with van der Waals surface area (Å²) >= 11 is 6.47. The first-order valence-corrected chi connectivity index (χ1v) is 11.0. The van der Waals surface area contributed by atoms with E-state index in [9.17, 15) is 9.50 Å². The van der Waals surface area contributed by atoms with Gasteiger partial charge >= 0.3 is 0 Å². The van der Waals surface area contributed by atoms with Gasteiger partial charge in [0.2, 0.25) is 0 Å². The summed E-state index contributed by atoms with van der Waals surface area (Å²) in [6.45, 7) is 1.70. The number of aromatic nitrogens is 5. The molecule has 3 aromatic rings. The highest BCUT2D eigenvalue weighted by Crippen LogP contribution is 2.38. The molecule has 0 aliphatic carbocycles. The molecule has 1 N–H and O–H groups in total. The number of aliphatic hydroxyl groups excluding tert-OH is 1. The number of hydrogen-bond donors (Lipinski definition) is 1. The van der Waals surface area contributed by atoms with Gasteiger partial charge in [0.15, 0.2) is 5.82 Å². The monoisotopic (exact) mass is 477 g/mol. The minimum Gasteiger partial charge on any atom is -0.495 e. The Morgan fingerprint density at radius 3 is 2.56 bits per heavy atom. The van der Waals surface area contributed by atoms with Gasteiger partial charge in [-0.25, -0.2) is 9.37 Å². The number of pyridine rings is 1. The molecule has 7 nitrogen and oxygen atoms in total. The summed E-state index contributed by atoms with van der Waals surface area (Å²) in [6, 6.07) is 13.0. The predicted molar refractivity (Wildman–Crippen MR) is 127 cm³/mol. The zero-order chi connectivity index (χ0) is 23.8. The van der Waals surface area contributed by atoms with Gasteiger partial charge in [0.1, 0.15) is 17.3 Å². The molecule has 0 fully saturated rings. The molecule has 9 heteroatoms. The largest absolute Gasteiger partial charge is 0.495 e. The number of halogens is 2. The molecule has 0 saturated heterocycles. The smallest absolute Gasteiger partial charge is 0.165 e. The van der Waals surface area contributed by atoms with Crippen molar-refractivity contribution in [2.24, 2.45) is 0 Å². The van der Waals surface area contributed by atoms with Crippen molar-refractivity contribution in [2.45, 2.75) is 13.0 Å². The second-order valence-electron chi connectivity index (χ2n) is 7.91. The quantitative estimate of drug-likeness (QED) is 0.375. The maximum atomic E-state index is 13.4.